The van der Waals surface area contributed by atoms with Crippen molar-refractivity contribution < 1.29 is 19.2 Å². The number of ether oxygens (including phenoxy) is 2. The molecule has 0 aliphatic heterocycles. The fraction of sp³-hybridized carbons (Fsp3) is 0.875. The Balaban J connectivity index is 3.76. The second-order valence-electron chi connectivity index (χ2n) is 5.27. The van der Waals surface area contributed by atoms with Crippen LogP contribution in [0.3, 0.4) is 0 Å². The summed E-state index contributed by atoms with van der Waals surface area (Å²) >= 11 is 0. The number of esters is 1. The molecule has 0 aliphatic carbocycles. The molecule has 0 spiro atoms. The molecule has 5 heteroatoms. The van der Waals surface area contributed by atoms with Crippen LogP contribution in [0, 0.1) is 5.92 Å². The van der Waals surface area contributed by atoms with Crippen molar-refractivity contribution >= 4 is 19.5 Å². The van der Waals surface area contributed by atoms with Crippen molar-refractivity contribution in [2.24, 2.45) is 5.92 Å². The van der Waals surface area contributed by atoms with Gasteiger partial charge in [0.1, 0.15) is 12.1 Å². The third-order valence-corrected chi connectivity index (χ3v) is 4.51. The van der Waals surface area contributed by atoms with E-state index >= 15 is 0 Å². The van der Waals surface area contributed by atoms with Gasteiger partial charge in [0.25, 0.3) is 0 Å². The Morgan fingerprint density at radius 3 is 2.33 bits per heavy atom. The van der Waals surface area contributed by atoms with Gasteiger partial charge in [0.2, 0.25) is 0 Å². The molecule has 2 atom stereocenters. The van der Waals surface area contributed by atoms with Crippen LogP contribution in [0.25, 0.3) is 0 Å². The van der Waals surface area contributed by atoms with E-state index in [9.17, 15) is 9.69 Å². The van der Waals surface area contributed by atoms with Crippen LogP contribution in [-0.4, -0.2) is 37.7 Å². The van der Waals surface area contributed by atoms with E-state index in [1.807, 2.05) is 0 Å². The molecule has 124 valence electrons. The average Bonchev–Trinajstić information content (AvgIpc) is 2.47. The van der Waals surface area contributed by atoms with Crippen molar-refractivity contribution in [2.45, 2.75) is 59.3 Å². The van der Waals surface area contributed by atoms with Crippen molar-refractivity contribution in [1.29, 1.82) is 0 Å². The highest BCUT2D eigenvalue weighted by Crippen LogP contribution is 2.13. The molecule has 0 saturated heterocycles. The first kappa shape index (κ1) is 20.6. The van der Waals surface area contributed by atoms with Crippen LogP contribution in [0.2, 0.25) is 0 Å². The third-order valence-electron chi connectivity index (χ3n) is 3.10. The third kappa shape index (κ3) is 13.0. The predicted octanol–water partition coefficient (Wildman–Crippen LogP) is 3.12. The highest BCUT2D eigenvalue weighted by molar-refractivity contribution is 7.50. The maximum absolute atomic E-state index is 11.8. The van der Waals surface area contributed by atoms with E-state index in [1.54, 1.807) is 12.7 Å². The smallest absolute Gasteiger partial charge is 0.316 e. The van der Waals surface area contributed by atoms with E-state index in [-0.39, 0.29) is 5.97 Å². The van der Waals surface area contributed by atoms with Gasteiger partial charge in [-0.2, -0.15) is 0 Å². The molecule has 0 rings (SSSR count). The molecule has 0 fully saturated rings. The number of rotatable bonds is 13. The Bertz CT molecular complexity index is 292. The second-order valence-corrected chi connectivity index (χ2v) is 6.85. The fourth-order valence-corrected chi connectivity index (χ4v) is 2.83. The van der Waals surface area contributed by atoms with Crippen LogP contribution in [0.4, 0.5) is 0 Å². The summed E-state index contributed by atoms with van der Waals surface area (Å²) < 4.78 is 10.6. The van der Waals surface area contributed by atoms with E-state index in [0.717, 1.165) is 32.3 Å². The molecule has 2 unspecified atom stereocenters. The summed E-state index contributed by atoms with van der Waals surface area (Å²) in [6, 6.07) is 0. The van der Waals surface area contributed by atoms with Gasteiger partial charge in [0.15, 0.2) is 0 Å². The first-order valence-electron chi connectivity index (χ1n) is 8.14. The fourth-order valence-electron chi connectivity index (χ4n) is 1.75. The first-order valence-corrected chi connectivity index (χ1v) is 9.66. The van der Waals surface area contributed by atoms with Gasteiger partial charge < -0.3 is 14.4 Å². The Morgan fingerprint density at radius 1 is 1.10 bits per heavy atom. The molecule has 0 amide bonds. The molecule has 0 aromatic carbocycles. The van der Waals surface area contributed by atoms with E-state index in [1.165, 1.54) is 12.8 Å². The van der Waals surface area contributed by atoms with Crippen LogP contribution < -0.4 is 4.89 Å². The van der Waals surface area contributed by atoms with E-state index in [2.05, 4.69) is 13.8 Å². The Morgan fingerprint density at radius 2 is 1.71 bits per heavy atom. The molecule has 0 saturated carbocycles. The largest absolute Gasteiger partial charge is 0.631 e. The predicted molar refractivity (Wildman–Crippen MR) is 87.8 cm³/mol. The van der Waals surface area contributed by atoms with Gasteiger partial charge in [0.05, 0.1) is 19.0 Å². The summed E-state index contributed by atoms with van der Waals surface area (Å²) in [5.41, 5.74) is 0. The lowest BCUT2D eigenvalue weighted by Gasteiger charge is -2.07. The topological polar surface area (TPSA) is 58.6 Å². The van der Waals surface area contributed by atoms with Crippen molar-refractivity contribution in [3.8, 4) is 0 Å². The molecular weight excluding hydrogens is 287 g/mol. The molecular formula is C16H31O4P. The van der Waals surface area contributed by atoms with Crippen LogP contribution in [0.15, 0.2) is 0 Å². The minimum absolute atomic E-state index is 0.279. The summed E-state index contributed by atoms with van der Waals surface area (Å²) in [5.74, 6) is 0.904. The number of unbranched alkanes of at least 4 members (excludes halogenated alkanes) is 4. The van der Waals surface area contributed by atoms with Crippen molar-refractivity contribution in [2.75, 3.05) is 26.0 Å². The lowest BCUT2D eigenvalue weighted by Crippen LogP contribution is -2.18. The van der Waals surface area contributed by atoms with Crippen LogP contribution in [0.1, 0.15) is 59.3 Å². The summed E-state index contributed by atoms with van der Waals surface area (Å²) in [6.45, 7) is 7.67. The Kier molecular flexibility index (Phi) is 14.2. The second kappa shape index (κ2) is 14.5. The minimum atomic E-state index is -1.50. The summed E-state index contributed by atoms with van der Waals surface area (Å²) in [7, 11) is -1.50. The summed E-state index contributed by atoms with van der Waals surface area (Å²) in [4.78, 5) is 23.5. The van der Waals surface area contributed by atoms with E-state index in [4.69, 9.17) is 9.47 Å². The SMILES string of the molecule is CCCCCOCC[P+]([O-])=CC(C)C(=O)OCCCCC. The molecule has 0 aliphatic rings. The maximum atomic E-state index is 11.8. The Hall–Kier alpha value is -0.440. The van der Waals surface area contributed by atoms with Crippen LogP contribution in [-0.2, 0) is 14.3 Å². The molecule has 0 N–H and O–H groups in total. The molecule has 4 nitrogen and oxygen atoms in total. The molecule has 0 bridgehead atoms. The zero-order valence-electron chi connectivity index (χ0n) is 13.8. The van der Waals surface area contributed by atoms with Crippen molar-refractivity contribution in [1.82, 2.24) is 0 Å². The number of carbonyl (C=O) groups excluding carboxylic acids is 1. The maximum Gasteiger partial charge on any atom is 0.316 e. The van der Waals surface area contributed by atoms with Gasteiger partial charge in [-0.15, -0.1) is 0 Å². The summed E-state index contributed by atoms with van der Waals surface area (Å²) in [5, 5.41) is 0. The average molecular weight is 318 g/mol. The van der Waals surface area contributed by atoms with E-state index < -0.39 is 13.7 Å². The van der Waals surface area contributed by atoms with Gasteiger partial charge in [0, 0.05) is 14.4 Å². The Labute approximate surface area is 130 Å². The number of carbonyl (C=O) groups is 1. The van der Waals surface area contributed by atoms with Gasteiger partial charge in [-0.3, -0.25) is 4.79 Å². The van der Waals surface area contributed by atoms with Gasteiger partial charge in [-0.1, -0.05) is 39.5 Å². The molecule has 0 aromatic heterocycles. The number of hydrogen-bond acceptors (Lipinski definition) is 4. The standard InChI is InChI=1S/C16H31O4P/c1-4-6-8-10-19-12-13-21(18)14-15(3)16(17)20-11-9-7-5-2/h14-15H,4-13H2,1-3H3. The first-order chi connectivity index (χ1) is 10.1. The molecule has 0 heterocycles. The van der Waals surface area contributed by atoms with E-state index in [0.29, 0.717) is 19.4 Å². The zero-order valence-corrected chi connectivity index (χ0v) is 14.7. The molecule has 0 radical (unpaired) electrons. The van der Waals surface area contributed by atoms with Crippen molar-refractivity contribution in [3.63, 3.8) is 0 Å². The van der Waals surface area contributed by atoms with Crippen LogP contribution >= 0.6 is 7.77 Å². The normalized spacial score (nSPS) is 13.2. The van der Waals surface area contributed by atoms with Crippen molar-refractivity contribution in [3.05, 3.63) is 0 Å². The minimum Gasteiger partial charge on any atom is -0.631 e. The van der Waals surface area contributed by atoms with Gasteiger partial charge >= 0.3 is 5.97 Å². The van der Waals surface area contributed by atoms with Gasteiger partial charge in [-0.25, -0.2) is 0 Å². The van der Waals surface area contributed by atoms with Gasteiger partial charge in [-0.05, 0) is 19.8 Å². The monoisotopic (exact) mass is 318 g/mol. The highest BCUT2D eigenvalue weighted by Gasteiger charge is 2.15. The summed E-state index contributed by atoms with van der Waals surface area (Å²) in [6.07, 6.45) is 6.93. The zero-order chi connectivity index (χ0) is 15.9. The quantitative estimate of drug-likeness (QED) is 0.297. The highest BCUT2D eigenvalue weighted by atomic mass is 31.1. The van der Waals surface area contributed by atoms with Crippen LogP contribution in [0.5, 0.6) is 0 Å². The molecule has 0 aromatic rings. The lowest BCUT2D eigenvalue weighted by atomic mass is 10.2. The number of hydrogen-bond donors (Lipinski definition) is 0. The molecule has 21 heavy (non-hydrogen) atoms. The lowest BCUT2D eigenvalue weighted by molar-refractivity contribution is -0.154.